The summed E-state index contributed by atoms with van der Waals surface area (Å²) in [7, 11) is 0. The highest BCUT2D eigenvalue weighted by atomic mass is 35.5. The summed E-state index contributed by atoms with van der Waals surface area (Å²) >= 11 is 21.9. The normalized spacial score (nSPS) is 12.5. The van der Waals surface area contributed by atoms with Crippen molar-refractivity contribution in [1.29, 1.82) is 0 Å². The van der Waals surface area contributed by atoms with Gasteiger partial charge < -0.3 is 4.74 Å². The van der Waals surface area contributed by atoms with Crippen LogP contribution < -0.4 is 4.74 Å². The van der Waals surface area contributed by atoms with Crippen LogP contribution in [0.4, 0.5) is 0 Å². The van der Waals surface area contributed by atoms with Crippen LogP contribution in [-0.4, -0.2) is 12.4 Å². The topological polar surface area (TPSA) is 9.23 Å². The lowest BCUT2D eigenvalue weighted by Crippen LogP contribution is -2.05. The monoisotopic (exact) mass is 312 g/mol. The zero-order valence-corrected chi connectivity index (χ0v) is 12.7. The first kappa shape index (κ1) is 15.3. The fourth-order valence-electron chi connectivity index (χ4n) is 1.35. The number of hydrogen-bond donors (Lipinski definition) is 1. The standard InChI is InChI=1S/C12H15Cl3OS/c1-8(3-5-17)2-4-16-12-7-10(14)9(13)6-11(12)15/h6-8,17H,2-5H2,1H3. The summed E-state index contributed by atoms with van der Waals surface area (Å²) in [6, 6.07) is 3.24. The molecule has 0 N–H and O–H groups in total. The van der Waals surface area contributed by atoms with Gasteiger partial charge in [0.2, 0.25) is 0 Å². The lowest BCUT2D eigenvalue weighted by Gasteiger charge is -2.12. The first-order chi connectivity index (χ1) is 8.04. The van der Waals surface area contributed by atoms with Gasteiger partial charge in [-0.05, 0) is 30.6 Å². The van der Waals surface area contributed by atoms with Crippen LogP contribution in [0.1, 0.15) is 19.8 Å². The molecule has 0 aliphatic rings. The van der Waals surface area contributed by atoms with Crippen molar-refractivity contribution in [2.45, 2.75) is 19.8 Å². The molecule has 0 heterocycles. The molecule has 0 aliphatic carbocycles. The van der Waals surface area contributed by atoms with E-state index in [9.17, 15) is 0 Å². The van der Waals surface area contributed by atoms with Crippen molar-refractivity contribution in [2.24, 2.45) is 5.92 Å². The Morgan fingerprint density at radius 1 is 1.12 bits per heavy atom. The molecular formula is C12H15Cl3OS. The third-order valence-electron chi connectivity index (χ3n) is 2.46. The average molecular weight is 314 g/mol. The Balaban J connectivity index is 2.49. The van der Waals surface area contributed by atoms with E-state index in [1.54, 1.807) is 12.1 Å². The van der Waals surface area contributed by atoms with E-state index in [1.165, 1.54) is 0 Å². The lowest BCUT2D eigenvalue weighted by atomic mass is 10.1. The molecule has 1 aromatic carbocycles. The molecule has 0 bridgehead atoms. The fourth-order valence-corrected chi connectivity index (χ4v) is 2.38. The van der Waals surface area contributed by atoms with E-state index in [0.717, 1.165) is 18.6 Å². The predicted molar refractivity (Wildman–Crippen MR) is 79.2 cm³/mol. The second-order valence-corrected chi connectivity index (χ2v) is 5.62. The molecule has 0 fully saturated rings. The SMILES string of the molecule is CC(CCS)CCOc1cc(Cl)c(Cl)cc1Cl. The second-order valence-electron chi connectivity index (χ2n) is 3.95. The van der Waals surface area contributed by atoms with E-state index in [4.69, 9.17) is 39.5 Å². The lowest BCUT2D eigenvalue weighted by molar-refractivity contribution is 0.282. The summed E-state index contributed by atoms with van der Waals surface area (Å²) in [5.74, 6) is 2.07. The zero-order chi connectivity index (χ0) is 12.8. The first-order valence-electron chi connectivity index (χ1n) is 5.42. The van der Waals surface area contributed by atoms with Crippen LogP contribution in [-0.2, 0) is 0 Å². The van der Waals surface area contributed by atoms with Crippen LogP contribution in [0.5, 0.6) is 5.75 Å². The number of benzene rings is 1. The molecular weight excluding hydrogens is 299 g/mol. The van der Waals surface area contributed by atoms with Crippen molar-refractivity contribution < 1.29 is 4.74 Å². The van der Waals surface area contributed by atoms with E-state index in [0.29, 0.717) is 33.3 Å². The summed E-state index contributed by atoms with van der Waals surface area (Å²) < 4.78 is 5.59. The molecule has 0 spiro atoms. The Kier molecular flexibility index (Phi) is 6.86. The fraction of sp³-hybridized carbons (Fsp3) is 0.500. The zero-order valence-electron chi connectivity index (χ0n) is 9.55. The molecule has 1 nitrogen and oxygen atoms in total. The predicted octanol–water partition coefficient (Wildman–Crippen LogP) is 5.37. The maximum Gasteiger partial charge on any atom is 0.139 e. The third-order valence-corrected chi connectivity index (χ3v) is 3.74. The van der Waals surface area contributed by atoms with Gasteiger partial charge >= 0.3 is 0 Å². The first-order valence-corrected chi connectivity index (χ1v) is 7.19. The van der Waals surface area contributed by atoms with Gasteiger partial charge in [-0.1, -0.05) is 41.7 Å². The van der Waals surface area contributed by atoms with E-state index in [2.05, 4.69) is 19.6 Å². The van der Waals surface area contributed by atoms with Crippen LogP contribution >= 0.6 is 47.4 Å². The summed E-state index contributed by atoms with van der Waals surface area (Å²) in [4.78, 5) is 0. The molecule has 1 unspecified atom stereocenters. The highest BCUT2D eigenvalue weighted by Gasteiger charge is 2.08. The number of hydrogen-bond acceptors (Lipinski definition) is 2. The van der Waals surface area contributed by atoms with Gasteiger partial charge in [-0.3, -0.25) is 0 Å². The number of halogens is 3. The minimum absolute atomic E-state index is 0.437. The second kappa shape index (κ2) is 7.63. The Labute approximate surface area is 123 Å². The molecule has 17 heavy (non-hydrogen) atoms. The van der Waals surface area contributed by atoms with Crippen molar-refractivity contribution in [1.82, 2.24) is 0 Å². The van der Waals surface area contributed by atoms with Crippen LogP contribution in [0.25, 0.3) is 0 Å². The molecule has 5 heteroatoms. The van der Waals surface area contributed by atoms with Crippen molar-refractivity contribution in [2.75, 3.05) is 12.4 Å². The Bertz CT molecular complexity index is 371. The van der Waals surface area contributed by atoms with Gasteiger partial charge in [0.1, 0.15) is 5.75 Å². The molecule has 0 radical (unpaired) electrons. The molecule has 1 atom stereocenters. The maximum atomic E-state index is 6.00. The third kappa shape index (κ3) is 5.17. The van der Waals surface area contributed by atoms with Crippen LogP contribution in [0.2, 0.25) is 15.1 Å². The number of thiol groups is 1. The minimum atomic E-state index is 0.437. The molecule has 0 aromatic heterocycles. The molecule has 1 aromatic rings. The Morgan fingerprint density at radius 3 is 2.41 bits per heavy atom. The van der Waals surface area contributed by atoms with Gasteiger partial charge in [0.15, 0.2) is 0 Å². The van der Waals surface area contributed by atoms with E-state index >= 15 is 0 Å². The minimum Gasteiger partial charge on any atom is -0.492 e. The van der Waals surface area contributed by atoms with Gasteiger partial charge in [-0.15, -0.1) is 0 Å². The highest BCUT2D eigenvalue weighted by molar-refractivity contribution is 7.80. The quantitative estimate of drug-likeness (QED) is 0.548. The van der Waals surface area contributed by atoms with Gasteiger partial charge in [-0.2, -0.15) is 12.6 Å². The largest absolute Gasteiger partial charge is 0.492 e. The Hall–Kier alpha value is 0.240. The van der Waals surface area contributed by atoms with Crippen LogP contribution in [0.3, 0.4) is 0 Å². The summed E-state index contributed by atoms with van der Waals surface area (Å²) in [6.07, 6.45) is 2.05. The van der Waals surface area contributed by atoms with Crippen LogP contribution in [0, 0.1) is 5.92 Å². The molecule has 0 saturated carbocycles. The molecule has 1 rings (SSSR count). The van der Waals surface area contributed by atoms with Crippen molar-refractivity contribution >= 4 is 47.4 Å². The summed E-state index contributed by atoms with van der Waals surface area (Å²) in [5.41, 5.74) is 0. The number of rotatable bonds is 6. The van der Waals surface area contributed by atoms with E-state index in [-0.39, 0.29) is 0 Å². The van der Waals surface area contributed by atoms with Crippen LogP contribution in [0.15, 0.2) is 12.1 Å². The van der Waals surface area contributed by atoms with Gasteiger partial charge in [0.05, 0.1) is 21.7 Å². The molecule has 0 amide bonds. The molecule has 96 valence electrons. The number of ether oxygens (including phenoxy) is 1. The average Bonchev–Trinajstić information content (AvgIpc) is 2.26. The molecule has 0 saturated heterocycles. The highest BCUT2D eigenvalue weighted by Crippen LogP contribution is 2.33. The van der Waals surface area contributed by atoms with Gasteiger partial charge in [-0.25, -0.2) is 0 Å². The van der Waals surface area contributed by atoms with E-state index < -0.39 is 0 Å². The van der Waals surface area contributed by atoms with E-state index in [1.807, 2.05) is 0 Å². The summed E-state index contributed by atoms with van der Waals surface area (Å²) in [5, 5.41) is 1.38. The van der Waals surface area contributed by atoms with Crippen molar-refractivity contribution in [3.63, 3.8) is 0 Å². The Morgan fingerprint density at radius 2 is 1.76 bits per heavy atom. The van der Waals surface area contributed by atoms with Crippen molar-refractivity contribution in [3.05, 3.63) is 27.2 Å². The van der Waals surface area contributed by atoms with Gasteiger partial charge in [0.25, 0.3) is 0 Å². The summed E-state index contributed by atoms with van der Waals surface area (Å²) in [6.45, 7) is 2.79. The molecule has 0 aliphatic heterocycles. The van der Waals surface area contributed by atoms with Crippen molar-refractivity contribution in [3.8, 4) is 5.75 Å². The maximum absolute atomic E-state index is 6.00. The smallest absolute Gasteiger partial charge is 0.139 e. The van der Waals surface area contributed by atoms with Gasteiger partial charge in [0, 0.05) is 6.07 Å².